The molecule has 0 unspecified atom stereocenters. The lowest BCUT2D eigenvalue weighted by Crippen LogP contribution is -2.36. The number of benzene rings is 1. The van der Waals surface area contributed by atoms with Gasteiger partial charge in [0.05, 0.1) is 0 Å². The largest absolute Gasteiger partial charge is 0.335 e. The minimum Gasteiger partial charge on any atom is -0.335 e. The van der Waals surface area contributed by atoms with Crippen LogP contribution in [0.25, 0.3) is 0 Å². The van der Waals surface area contributed by atoms with Crippen LogP contribution in [-0.2, 0) is 0 Å². The van der Waals surface area contributed by atoms with E-state index in [1.54, 1.807) is 12.1 Å². The maximum Gasteiger partial charge on any atom is 0.319 e. The van der Waals surface area contributed by atoms with Crippen LogP contribution < -0.4 is 10.6 Å². The van der Waals surface area contributed by atoms with Gasteiger partial charge in [-0.25, -0.2) is 4.79 Å². The molecule has 1 saturated carbocycles. The Bertz CT molecular complexity index is 318. The molecule has 0 saturated heterocycles. The van der Waals surface area contributed by atoms with E-state index in [-0.39, 0.29) is 6.03 Å². The average Bonchev–Trinajstić information content (AvgIpc) is 2.71. The Morgan fingerprint density at radius 1 is 1.27 bits per heavy atom. The minimum atomic E-state index is -0.104. The van der Waals surface area contributed by atoms with E-state index in [4.69, 9.17) is 0 Å². The molecule has 3 heteroatoms. The first-order chi connectivity index (χ1) is 7.34. The third kappa shape index (κ3) is 2.98. The maximum atomic E-state index is 11.5. The molecule has 79 valence electrons. The molecule has 0 aromatic heterocycles. The summed E-state index contributed by atoms with van der Waals surface area (Å²) >= 11 is 0. The van der Waals surface area contributed by atoms with Gasteiger partial charge in [0.15, 0.2) is 0 Å². The topological polar surface area (TPSA) is 41.1 Å². The van der Waals surface area contributed by atoms with Gasteiger partial charge >= 0.3 is 6.03 Å². The number of nitrogens with one attached hydrogen (secondary N) is 2. The highest BCUT2D eigenvalue weighted by Gasteiger charge is 2.16. The van der Waals surface area contributed by atoms with E-state index < -0.39 is 0 Å². The van der Waals surface area contributed by atoms with Gasteiger partial charge in [-0.2, -0.15) is 0 Å². The van der Waals surface area contributed by atoms with Gasteiger partial charge in [0.25, 0.3) is 0 Å². The van der Waals surface area contributed by atoms with Crippen molar-refractivity contribution in [3.8, 4) is 0 Å². The molecule has 1 fully saturated rings. The van der Waals surface area contributed by atoms with Gasteiger partial charge in [-0.05, 0) is 31.0 Å². The molecule has 2 amide bonds. The second-order valence-electron chi connectivity index (χ2n) is 3.87. The van der Waals surface area contributed by atoms with Crippen LogP contribution >= 0.6 is 0 Å². The average molecular weight is 203 g/mol. The molecule has 0 heterocycles. The van der Waals surface area contributed by atoms with Crippen LogP contribution in [0.1, 0.15) is 25.7 Å². The number of carbonyl (C=O) groups excluding carboxylic acids is 1. The molecule has 15 heavy (non-hydrogen) atoms. The Morgan fingerprint density at radius 3 is 2.60 bits per heavy atom. The summed E-state index contributed by atoms with van der Waals surface area (Å²) in [7, 11) is 0. The summed E-state index contributed by atoms with van der Waals surface area (Å²) < 4.78 is 0. The van der Waals surface area contributed by atoms with Crippen LogP contribution in [0, 0.1) is 6.07 Å². The van der Waals surface area contributed by atoms with Crippen LogP contribution in [0.4, 0.5) is 10.5 Å². The molecule has 2 rings (SSSR count). The van der Waals surface area contributed by atoms with E-state index in [9.17, 15) is 4.79 Å². The lowest BCUT2D eigenvalue weighted by Gasteiger charge is -2.12. The third-order valence-corrected chi connectivity index (χ3v) is 2.67. The molecule has 3 nitrogen and oxygen atoms in total. The maximum absolute atomic E-state index is 11.5. The van der Waals surface area contributed by atoms with E-state index in [0.29, 0.717) is 6.04 Å². The fraction of sp³-hybridized carbons (Fsp3) is 0.417. The van der Waals surface area contributed by atoms with Crippen molar-refractivity contribution in [1.29, 1.82) is 0 Å². The van der Waals surface area contributed by atoms with Gasteiger partial charge in [-0.3, -0.25) is 0 Å². The van der Waals surface area contributed by atoms with E-state index >= 15 is 0 Å². The summed E-state index contributed by atoms with van der Waals surface area (Å²) in [6.45, 7) is 0. The van der Waals surface area contributed by atoms with Crippen molar-refractivity contribution in [2.45, 2.75) is 31.7 Å². The van der Waals surface area contributed by atoms with Crippen molar-refractivity contribution in [1.82, 2.24) is 5.32 Å². The predicted molar refractivity (Wildman–Crippen MR) is 59.7 cm³/mol. The normalized spacial score (nSPS) is 16.3. The quantitative estimate of drug-likeness (QED) is 0.762. The summed E-state index contributed by atoms with van der Waals surface area (Å²) in [5.41, 5.74) is 0.809. The number of hydrogen-bond acceptors (Lipinski definition) is 1. The molecule has 1 radical (unpaired) electrons. The predicted octanol–water partition coefficient (Wildman–Crippen LogP) is 2.55. The van der Waals surface area contributed by atoms with Crippen LogP contribution in [-0.4, -0.2) is 12.1 Å². The number of amides is 2. The summed E-state index contributed by atoms with van der Waals surface area (Å²) in [6, 6.07) is 10.4. The molecular formula is C12H15N2O. The van der Waals surface area contributed by atoms with Crippen molar-refractivity contribution in [2.75, 3.05) is 5.32 Å². The van der Waals surface area contributed by atoms with Gasteiger partial charge < -0.3 is 10.6 Å². The number of carbonyl (C=O) groups is 1. The number of urea groups is 1. The number of rotatable bonds is 2. The Morgan fingerprint density at radius 2 is 1.93 bits per heavy atom. The number of anilines is 1. The van der Waals surface area contributed by atoms with E-state index in [1.165, 1.54) is 12.8 Å². The standard InChI is InChI=1S/C12H15N2O/c15-12(14-11-8-4-5-9-11)13-10-6-2-1-3-7-10/h2-3,6-7,11H,4-5,8-9H2,(H2,13,14,15). The highest BCUT2D eigenvalue weighted by molar-refractivity contribution is 5.89. The summed E-state index contributed by atoms with van der Waals surface area (Å²) in [6.07, 6.45) is 4.67. The molecule has 1 aromatic rings. The zero-order valence-corrected chi connectivity index (χ0v) is 8.62. The van der Waals surface area contributed by atoms with Crippen molar-refractivity contribution < 1.29 is 4.79 Å². The molecule has 0 atom stereocenters. The van der Waals surface area contributed by atoms with Crippen molar-refractivity contribution in [2.24, 2.45) is 0 Å². The Labute approximate surface area is 89.9 Å². The monoisotopic (exact) mass is 203 g/mol. The second kappa shape index (κ2) is 4.82. The molecule has 1 aliphatic rings. The van der Waals surface area contributed by atoms with Crippen LogP contribution in [0.3, 0.4) is 0 Å². The Balaban J connectivity index is 1.82. The zero-order chi connectivity index (χ0) is 10.5. The van der Waals surface area contributed by atoms with E-state index in [0.717, 1.165) is 18.5 Å². The smallest absolute Gasteiger partial charge is 0.319 e. The lowest BCUT2D eigenvalue weighted by atomic mass is 10.2. The second-order valence-corrected chi connectivity index (χ2v) is 3.87. The van der Waals surface area contributed by atoms with Crippen LogP contribution in [0.2, 0.25) is 0 Å². The molecule has 0 bridgehead atoms. The molecule has 0 aliphatic heterocycles. The molecule has 2 N–H and O–H groups in total. The molecular weight excluding hydrogens is 188 g/mol. The first-order valence-corrected chi connectivity index (χ1v) is 5.38. The fourth-order valence-corrected chi connectivity index (χ4v) is 1.89. The fourth-order valence-electron chi connectivity index (χ4n) is 1.89. The SMILES string of the molecule is O=C(Nc1cc[c]cc1)NC1CCCC1. The van der Waals surface area contributed by atoms with Gasteiger partial charge in [0.2, 0.25) is 0 Å². The highest BCUT2D eigenvalue weighted by Crippen LogP contribution is 2.17. The lowest BCUT2D eigenvalue weighted by molar-refractivity contribution is 0.248. The number of hydrogen-bond donors (Lipinski definition) is 2. The summed E-state index contributed by atoms with van der Waals surface area (Å²) in [5.74, 6) is 0. The molecule has 1 aromatic carbocycles. The Hall–Kier alpha value is -1.51. The Kier molecular flexibility index (Phi) is 3.22. The minimum absolute atomic E-state index is 0.104. The van der Waals surface area contributed by atoms with Crippen LogP contribution in [0.5, 0.6) is 0 Å². The highest BCUT2D eigenvalue weighted by atomic mass is 16.2. The first kappa shape index (κ1) is 10.0. The van der Waals surface area contributed by atoms with Crippen molar-refractivity contribution >= 4 is 11.7 Å². The van der Waals surface area contributed by atoms with E-state index in [1.807, 2.05) is 12.1 Å². The van der Waals surface area contributed by atoms with Crippen LogP contribution in [0.15, 0.2) is 24.3 Å². The van der Waals surface area contributed by atoms with Gasteiger partial charge in [0, 0.05) is 11.7 Å². The molecule has 1 aliphatic carbocycles. The van der Waals surface area contributed by atoms with Gasteiger partial charge in [-0.1, -0.05) is 25.0 Å². The van der Waals surface area contributed by atoms with Crippen molar-refractivity contribution in [3.05, 3.63) is 30.3 Å². The van der Waals surface area contributed by atoms with Gasteiger partial charge in [-0.15, -0.1) is 0 Å². The zero-order valence-electron chi connectivity index (χ0n) is 8.62. The first-order valence-electron chi connectivity index (χ1n) is 5.38. The summed E-state index contributed by atoms with van der Waals surface area (Å²) in [5, 5.41) is 5.77. The molecule has 0 spiro atoms. The van der Waals surface area contributed by atoms with Crippen molar-refractivity contribution in [3.63, 3.8) is 0 Å². The van der Waals surface area contributed by atoms with Gasteiger partial charge in [0.1, 0.15) is 0 Å². The summed E-state index contributed by atoms with van der Waals surface area (Å²) in [4.78, 5) is 11.5. The third-order valence-electron chi connectivity index (χ3n) is 2.67. The van der Waals surface area contributed by atoms with E-state index in [2.05, 4.69) is 16.7 Å².